The van der Waals surface area contributed by atoms with Crippen molar-refractivity contribution in [2.24, 2.45) is 0 Å². The van der Waals surface area contributed by atoms with Crippen molar-refractivity contribution in [2.45, 2.75) is 25.4 Å². The van der Waals surface area contributed by atoms with Crippen LogP contribution in [0.2, 0.25) is 0 Å². The molecule has 0 spiro atoms. The van der Waals surface area contributed by atoms with Gasteiger partial charge >= 0.3 is 0 Å². The van der Waals surface area contributed by atoms with E-state index in [-0.39, 0.29) is 12.8 Å². The van der Waals surface area contributed by atoms with E-state index in [0.717, 1.165) is 0 Å². The molecule has 1 atom stereocenters. The third-order valence-corrected chi connectivity index (χ3v) is 1.42. The largest absolute Gasteiger partial charge is 0.291 e. The van der Waals surface area contributed by atoms with Gasteiger partial charge in [-0.3, -0.25) is 9.59 Å². The van der Waals surface area contributed by atoms with Gasteiger partial charge in [0.25, 0.3) is 0 Å². The molecular formula is C6H7FO2. The number of rotatable bonds is 0. The van der Waals surface area contributed by atoms with E-state index in [1.165, 1.54) is 0 Å². The van der Waals surface area contributed by atoms with Gasteiger partial charge in [0.15, 0.2) is 6.17 Å². The second-order valence-corrected chi connectivity index (χ2v) is 2.15. The van der Waals surface area contributed by atoms with Gasteiger partial charge in [0.1, 0.15) is 0 Å². The minimum absolute atomic E-state index is 0.227. The first kappa shape index (κ1) is 6.39. The van der Waals surface area contributed by atoms with Crippen molar-refractivity contribution in [1.29, 1.82) is 0 Å². The number of halogens is 1. The van der Waals surface area contributed by atoms with Crippen molar-refractivity contribution in [2.75, 3.05) is 0 Å². The summed E-state index contributed by atoms with van der Waals surface area (Å²) in [6, 6.07) is 0. The van der Waals surface area contributed by atoms with Crippen molar-refractivity contribution in [3.8, 4) is 0 Å². The minimum atomic E-state index is -1.51. The molecule has 0 aromatic heterocycles. The van der Waals surface area contributed by atoms with Crippen LogP contribution >= 0.6 is 0 Å². The van der Waals surface area contributed by atoms with E-state index < -0.39 is 17.7 Å². The summed E-state index contributed by atoms with van der Waals surface area (Å²) >= 11 is 0. The molecule has 0 heterocycles. The predicted octanol–water partition coefficient (Wildman–Crippen LogP) is 0.647. The second kappa shape index (κ2) is 2.25. The first-order valence-corrected chi connectivity index (χ1v) is 2.93. The fourth-order valence-electron chi connectivity index (χ4n) is 0.871. The zero-order valence-electron chi connectivity index (χ0n) is 4.89. The summed E-state index contributed by atoms with van der Waals surface area (Å²) in [5.74, 6) is -1.38. The van der Waals surface area contributed by atoms with Gasteiger partial charge in [0, 0.05) is 6.42 Å². The number of carbonyl (C=O) groups excluding carboxylic acids is 2. The van der Waals surface area contributed by atoms with E-state index >= 15 is 0 Å². The number of Topliss-reactive ketones (excluding diaryl/α,β-unsaturated/α-hetero) is 2. The molecule has 2 nitrogen and oxygen atoms in total. The normalized spacial score (nSPS) is 28.8. The van der Waals surface area contributed by atoms with Crippen LogP contribution in [0.1, 0.15) is 19.3 Å². The lowest BCUT2D eigenvalue weighted by Crippen LogP contribution is -2.29. The molecule has 1 unspecified atom stereocenters. The molecule has 1 aliphatic carbocycles. The lowest BCUT2D eigenvalue weighted by molar-refractivity contribution is -0.141. The highest BCUT2D eigenvalue weighted by Gasteiger charge is 2.28. The van der Waals surface area contributed by atoms with E-state index in [2.05, 4.69) is 0 Å². The van der Waals surface area contributed by atoms with Crippen molar-refractivity contribution < 1.29 is 14.0 Å². The topological polar surface area (TPSA) is 34.1 Å². The molecule has 3 heteroatoms. The molecule has 0 amide bonds. The van der Waals surface area contributed by atoms with E-state index in [4.69, 9.17) is 0 Å². The average molecular weight is 130 g/mol. The maximum absolute atomic E-state index is 12.3. The van der Waals surface area contributed by atoms with Crippen LogP contribution in [0.25, 0.3) is 0 Å². The highest BCUT2D eigenvalue weighted by atomic mass is 19.1. The lowest BCUT2D eigenvalue weighted by atomic mass is 9.96. The van der Waals surface area contributed by atoms with Crippen molar-refractivity contribution in [3.05, 3.63) is 0 Å². The Kier molecular flexibility index (Phi) is 1.60. The molecular weight excluding hydrogens is 123 g/mol. The molecule has 0 radical (unpaired) electrons. The highest BCUT2D eigenvalue weighted by Crippen LogP contribution is 2.13. The van der Waals surface area contributed by atoms with Gasteiger partial charge in [-0.1, -0.05) is 0 Å². The quantitative estimate of drug-likeness (QED) is 0.451. The van der Waals surface area contributed by atoms with E-state index in [1.54, 1.807) is 0 Å². The minimum Gasteiger partial charge on any atom is -0.291 e. The summed E-state index contributed by atoms with van der Waals surface area (Å²) in [6.07, 6.45) is -0.526. The number of hydrogen-bond donors (Lipinski definition) is 0. The predicted molar refractivity (Wildman–Crippen MR) is 28.8 cm³/mol. The van der Waals surface area contributed by atoms with E-state index in [0.29, 0.717) is 6.42 Å². The summed E-state index contributed by atoms with van der Waals surface area (Å²) in [5.41, 5.74) is 0. The van der Waals surface area contributed by atoms with Crippen LogP contribution in [0.5, 0.6) is 0 Å². The van der Waals surface area contributed by atoms with E-state index in [9.17, 15) is 14.0 Å². The number of hydrogen-bond acceptors (Lipinski definition) is 2. The van der Waals surface area contributed by atoms with E-state index in [1.807, 2.05) is 0 Å². The molecule has 1 fully saturated rings. The zero-order chi connectivity index (χ0) is 6.85. The summed E-state index contributed by atoms with van der Waals surface area (Å²) in [6.45, 7) is 0. The van der Waals surface area contributed by atoms with Crippen LogP contribution in [-0.4, -0.2) is 17.7 Å². The van der Waals surface area contributed by atoms with Crippen LogP contribution in [-0.2, 0) is 9.59 Å². The Morgan fingerprint density at radius 2 is 2.11 bits per heavy atom. The van der Waals surface area contributed by atoms with Gasteiger partial charge in [-0.25, -0.2) is 4.39 Å². The summed E-state index contributed by atoms with van der Waals surface area (Å²) in [5, 5.41) is 0. The summed E-state index contributed by atoms with van der Waals surface area (Å²) < 4.78 is 12.3. The SMILES string of the molecule is O=C1CCCC(F)C1=O. The van der Waals surface area contributed by atoms with Crippen molar-refractivity contribution >= 4 is 11.6 Å². The smallest absolute Gasteiger partial charge is 0.232 e. The van der Waals surface area contributed by atoms with Gasteiger partial charge in [0.05, 0.1) is 0 Å². The molecule has 1 saturated carbocycles. The number of alkyl halides is 1. The summed E-state index contributed by atoms with van der Waals surface area (Å²) in [7, 11) is 0. The Balaban J connectivity index is 2.62. The maximum Gasteiger partial charge on any atom is 0.232 e. The van der Waals surface area contributed by atoms with Gasteiger partial charge in [-0.2, -0.15) is 0 Å². The third-order valence-electron chi connectivity index (χ3n) is 1.42. The number of carbonyl (C=O) groups is 2. The molecule has 9 heavy (non-hydrogen) atoms. The molecule has 1 rings (SSSR count). The zero-order valence-corrected chi connectivity index (χ0v) is 4.89. The van der Waals surface area contributed by atoms with Crippen molar-refractivity contribution in [1.82, 2.24) is 0 Å². The van der Waals surface area contributed by atoms with Gasteiger partial charge in [-0.15, -0.1) is 0 Å². The summed E-state index contributed by atoms with van der Waals surface area (Å²) in [4.78, 5) is 20.8. The van der Waals surface area contributed by atoms with Crippen LogP contribution in [0.15, 0.2) is 0 Å². The van der Waals surface area contributed by atoms with Gasteiger partial charge in [0.2, 0.25) is 11.6 Å². The van der Waals surface area contributed by atoms with Crippen LogP contribution < -0.4 is 0 Å². The molecule has 0 saturated heterocycles. The van der Waals surface area contributed by atoms with Crippen LogP contribution in [0.3, 0.4) is 0 Å². The highest BCUT2D eigenvalue weighted by molar-refractivity contribution is 6.39. The molecule has 1 aliphatic rings. The standard InChI is InChI=1S/C6H7FO2/c7-4-2-1-3-5(8)6(4)9/h4H,1-3H2. The fourth-order valence-corrected chi connectivity index (χ4v) is 0.871. The first-order valence-electron chi connectivity index (χ1n) is 2.93. The van der Waals surface area contributed by atoms with Crippen LogP contribution in [0.4, 0.5) is 4.39 Å². The Morgan fingerprint density at radius 3 is 2.56 bits per heavy atom. The molecule has 50 valence electrons. The average Bonchev–Trinajstić information content (AvgIpc) is 1.83. The number of ketones is 2. The molecule has 0 N–H and O–H groups in total. The van der Waals surface area contributed by atoms with Crippen molar-refractivity contribution in [3.63, 3.8) is 0 Å². The fraction of sp³-hybridized carbons (Fsp3) is 0.667. The molecule has 0 aliphatic heterocycles. The molecule has 0 aromatic rings. The Labute approximate surface area is 52.0 Å². The van der Waals surface area contributed by atoms with Gasteiger partial charge in [-0.05, 0) is 12.8 Å². The second-order valence-electron chi connectivity index (χ2n) is 2.15. The lowest BCUT2D eigenvalue weighted by Gasteiger charge is -2.10. The third kappa shape index (κ3) is 1.15. The Bertz CT molecular complexity index is 153. The molecule has 0 aromatic carbocycles. The Morgan fingerprint density at radius 1 is 1.44 bits per heavy atom. The Hall–Kier alpha value is -0.730. The van der Waals surface area contributed by atoms with Crippen LogP contribution in [0, 0.1) is 0 Å². The maximum atomic E-state index is 12.3. The monoisotopic (exact) mass is 130 g/mol. The van der Waals surface area contributed by atoms with Gasteiger partial charge < -0.3 is 0 Å². The molecule has 0 bridgehead atoms. The first-order chi connectivity index (χ1) is 4.22.